The van der Waals surface area contributed by atoms with Gasteiger partial charge in [0, 0.05) is 44.2 Å². The first-order chi connectivity index (χ1) is 20.1. The van der Waals surface area contributed by atoms with Gasteiger partial charge in [-0.1, -0.05) is 60.2 Å². The number of hydrazone groups is 1. The second-order valence-electron chi connectivity index (χ2n) is 10.5. The van der Waals surface area contributed by atoms with E-state index in [1.54, 1.807) is 11.1 Å². The molecule has 4 aromatic rings. The van der Waals surface area contributed by atoms with Gasteiger partial charge in [-0.2, -0.15) is 14.7 Å². The number of aromatic nitrogens is 3. The largest absolute Gasteiger partial charge is 0.445 e. The summed E-state index contributed by atoms with van der Waals surface area (Å²) in [6, 6.07) is 22.0. The number of carbonyl (C=O) groups is 1. The van der Waals surface area contributed by atoms with Crippen molar-refractivity contribution in [1.82, 2.24) is 19.5 Å². The second kappa shape index (κ2) is 12.4. The lowest BCUT2D eigenvalue weighted by Gasteiger charge is -2.30. The van der Waals surface area contributed by atoms with Crippen molar-refractivity contribution < 1.29 is 14.3 Å². The third kappa shape index (κ3) is 6.49. The molecule has 10 nitrogen and oxygen atoms in total. The standard InChI is InChI=1S/C31H35N7O3/c1-23-6-5-9-25(18-23)21-32-34-28-20-30(36-14-16-40-17-15-36)38-29(33-28)19-27(35-38)26-10-12-37(13-11-26)31(39)41-22-24-7-3-2-4-8-24/h2-9,18-21,26H,10-17,22H2,1H3,(H,33,34). The Kier molecular flexibility index (Phi) is 8.09. The highest BCUT2D eigenvalue weighted by Crippen LogP contribution is 2.30. The summed E-state index contributed by atoms with van der Waals surface area (Å²) in [7, 11) is 0. The molecule has 0 saturated carbocycles. The molecule has 2 aliphatic rings. The molecule has 10 heteroatoms. The predicted octanol–water partition coefficient (Wildman–Crippen LogP) is 4.84. The fraction of sp³-hybridized carbons (Fsp3) is 0.355. The Hall–Kier alpha value is -4.44. The third-order valence-electron chi connectivity index (χ3n) is 7.57. The van der Waals surface area contributed by atoms with Gasteiger partial charge in [0.25, 0.3) is 0 Å². The van der Waals surface area contributed by atoms with E-state index >= 15 is 0 Å². The first kappa shape index (κ1) is 26.8. The van der Waals surface area contributed by atoms with Crippen molar-refractivity contribution in [3.8, 4) is 0 Å². The number of hydrogen-bond donors (Lipinski definition) is 1. The van der Waals surface area contributed by atoms with E-state index in [0.717, 1.165) is 54.2 Å². The molecule has 0 aliphatic carbocycles. The zero-order valence-corrected chi connectivity index (χ0v) is 23.3. The zero-order chi connectivity index (χ0) is 28.0. The van der Waals surface area contributed by atoms with Gasteiger partial charge >= 0.3 is 6.09 Å². The van der Waals surface area contributed by atoms with E-state index in [9.17, 15) is 4.79 Å². The fourth-order valence-corrected chi connectivity index (χ4v) is 5.34. The van der Waals surface area contributed by atoms with E-state index in [1.807, 2.05) is 53.0 Å². The van der Waals surface area contributed by atoms with Crippen molar-refractivity contribution in [2.75, 3.05) is 49.7 Å². The van der Waals surface area contributed by atoms with Crippen LogP contribution < -0.4 is 10.3 Å². The topological polar surface area (TPSA) is 96.6 Å². The van der Waals surface area contributed by atoms with Crippen LogP contribution in [0, 0.1) is 6.92 Å². The van der Waals surface area contributed by atoms with E-state index in [1.165, 1.54) is 5.56 Å². The van der Waals surface area contributed by atoms with Crippen molar-refractivity contribution >= 4 is 29.6 Å². The number of anilines is 2. The Balaban J connectivity index is 1.16. The molecule has 2 aromatic heterocycles. The number of fused-ring (bicyclic) bond motifs is 1. The normalized spacial score (nSPS) is 16.4. The minimum absolute atomic E-state index is 0.239. The van der Waals surface area contributed by atoms with Gasteiger partial charge in [0.2, 0.25) is 0 Å². The average molecular weight is 554 g/mol. The van der Waals surface area contributed by atoms with Gasteiger partial charge < -0.3 is 19.3 Å². The Morgan fingerprint density at radius 3 is 2.63 bits per heavy atom. The molecule has 1 amide bonds. The summed E-state index contributed by atoms with van der Waals surface area (Å²) in [5, 5.41) is 9.45. The predicted molar refractivity (Wildman–Crippen MR) is 159 cm³/mol. The lowest BCUT2D eigenvalue weighted by Crippen LogP contribution is -2.38. The van der Waals surface area contributed by atoms with Crippen LogP contribution >= 0.6 is 0 Å². The van der Waals surface area contributed by atoms with Crippen molar-refractivity contribution in [3.63, 3.8) is 0 Å². The smallest absolute Gasteiger partial charge is 0.410 e. The maximum atomic E-state index is 12.6. The minimum atomic E-state index is -0.263. The average Bonchev–Trinajstić information content (AvgIpc) is 3.45. The summed E-state index contributed by atoms with van der Waals surface area (Å²) < 4.78 is 13.1. The molecule has 41 heavy (non-hydrogen) atoms. The van der Waals surface area contributed by atoms with E-state index < -0.39 is 0 Å². The second-order valence-corrected chi connectivity index (χ2v) is 10.5. The maximum absolute atomic E-state index is 12.6. The minimum Gasteiger partial charge on any atom is -0.445 e. The van der Waals surface area contributed by atoms with Crippen LogP contribution in [0.3, 0.4) is 0 Å². The quantitative estimate of drug-likeness (QED) is 0.259. The van der Waals surface area contributed by atoms with E-state index in [4.69, 9.17) is 19.6 Å². The number of morpholine rings is 1. The first-order valence-electron chi connectivity index (χ1n) is 14.2. The number of rotatable bonds is 7. The van der Waals surface area contributed by atoms with E-state index in [-0.39, 0.29) is 18.6 Å². The molecule has 4 heterocycles. The highest BCUT2D eigenvalue weighted by molar-refractivity contribution is 5.80. The summed E-state index contributed by atoms with van der Waals surface area (Å²) in [6.45, 7) is 6.53. The molecule has 0 atom stereocenters. The van der Waals surface area contributed by atoms with Gasteiger partial charge in [-0.3, -0.25) is 5.43 Å². The van der Waals surface area contributed by atoms with E-state index in [2.05, 4.69) is 40.5 Å². The summed E-state index contributed by atoms with van der Waals surface area (Å²) in [4.78, 5) is 21.5. The lowest BCUT2D eigenvalue weighted by molar-refractivity contribution is 0.0868. The molecular weight excluding hydrogens is 518 g/mol. The van der Waals surface area contributed by atoms with Gasteiger partial charge in [0.15, 0.2) is 11.5 Å². The molecule has 0 spiro atoms. The molecular formula is C31H35N7O3. The first-order valence-corrected chi connectivity index (χ1v) is 14.2. The van der Waals surface area contributed by atoms with Crippen molar-refractivity contribution in [1.29, 1.82) is 0 Å². The van der Waals surface area contributed by atoms with Crippen molar-refractivity contribution in [3.05, 3.63) is 89.1 Å². The van der Waals surface area contributed by atoms with Crippen molar-refractivity contribution in [2.45, 2.75) is 32.3 Å². The monoisotopic (exact) mass is 553 g/mol. The van der Waals surface area contributed by atoms with Crippen LogP contribution in [0.1, 0.15) is 41.1 Å². The van der Waals surface area contributed by atoms with Gasteiger partial charge in [-0.25, -0.2) is 9.78 Å². The van der Waals surface area contributed by atoms with Crippen molar-refractivity contribution in [2.24, 2.45) is 5.10 Å². The molecule has 212 valence electrons. The lowest BCUT2D eigenvalue weighted by atomic mass is 9.94. The summed E-state index contributed by atoms with van der Waals surface area (Å²) in [5.41, 5.74) is 8.06. The van der Waals surface area contributed by atoms with Gasteiger partial charge in [0.05, 0.1) is 25.1 Å². The van der Waals surface area contributed by atoms with E-state index in [0.29, 0.717) is 32.1 Å². The number of amides is 1. The Morgan fingerprint density at radius 1 is 1.05 bits per heavy atom. The number of aryl methyl sites for hydroxylation is 1. The van der Waals surface area contributed by atoms with Crippen LogP contribution in [0.5, 0.6) is 0 Å². The molecule has 6 rings (SSSR count). The highest BCUT2D eigenvalue weighted by Gasteiger charge is 2.27. The van der Waals surface area contributed by atoms with Crippen LogP contribution in [-0.2, 0) is 16.1 Å². The Bertz CT molecular complexity index is 1510. The molecule has 0 bridgehead atoms. The highest BCUT2D eigenvalue weighted by atomic mass is 16.6. The van der Waals surface area contributed by atoms with Gasteiger partial charge in [0.1, 0.15) is 12.4 Å². The number of nitrogens with one attached hydrogen (secondary N) is 1. The van der Waals surface area contributed by atoms with Crippen LogP contribution in [0.15, 0.2) is 71.8 Å². The Morgan fingerprint density at radius 2 is 1.85 bits per heavy atom. The third-order valence-corrected chi connectivity index (χ3v) is 7.57. The van der Waals surface area contributed by atoms with Crippen LogP contribution in [0.25, 0.3) is 5.65 Å². The number of hydrogen-bond acceptors (Lipinski definition) is 8. The van der Waals surface area contributed by atoms with Gasteiger partial charge in [-0.05, 0) is 30.9 Å². The molecule has 2 aliphatic heterocycles. The SMILES string of the molecule is Cc1cccc(C=NNc2cc(N3CCOCC3)n3nc(C4CCN(C(=O)OCc5ccccc5)CC4)cc3n2)c1. The number of ether oxygens (including phenoxy) is 2. The molecule has 1 N–H and O–H groups in total. The van der Waals surface area contributed by atoms with Crippen LogP contribution in [-0.4, -0.2) is 71.2 Å². The number of piperidine rings is 1. The number of benzene rings is 2. The fourth-order valence-electron chi connectivity index (χ4n) is 5.34. The molecule has 2 aromatic carbocycles. The maximum Gasteiger partial charge on any atom is 0.410 e. The van der Waals surface area contributed by atoms with Gasteiger partial charge in [-0.15, -0.1) is 0 Å². The Labute approximate surface area is 239 Å². The molecule has 2 fully saturated rings. The summed E-state index contributed by atoms with van der Waals surface area (Å²) in [5.74, 6) is 1.85. The summed E-state index contributed by atoms with van der Waals surface area (Å²) >= 11 is 0. The number of carbonyl (C=O) groups excluding carboxylic acids is 1. The van der Waals surface area contributed by atoms with Crippen LogP contribution in [0.2, 0.25) is 0 Å². The molecule has 2 saturated heterocycles. The number of likely N-dealkylation sites (tertiary alicyclic amines) is 1. The zero-order valence-electron chi connectivity index (χ0n) is 23.3. The van der Waals surface area contributed by atoms with Crippen LogP contribution in [0.4, 0.5) is 16.4 Å². The molecule has 0 radical (unpaired) electrons. The summed E-state index contributed by atoms with van der Waals surface area (Å²) in [6.07, 6.45) is 3.18. The number of nitrogens with zero attached hydrogens (tertiary/aromatic N) is 6. The molecule has 0 unspecified atom stereocenters.